The zero-order valence-electron chi connectivity index (χ0n) is 14.5. The Hall–Kier alpha value is -2.22. The Morgan fingerprint density at radius 3 is 2.54 bits per heavy atom. The summed E-state index contributed by atoms with van der Waals surface area (Å²) in [5.41, 5.74) is 1.11. The maximum absolute atomic E-state index is 12.4. The Balaban J connectivity index is 1.80. The van der Waals surface area contributed by atoms with Gasteiger partial charge in [-0.1, -0.05) is 47.5 Å². The highest BCUT2D eigenvalue weighted by atomic mass is 35.5. The van der Waals surface area contributed by atoms with Crippen LogP contribution in [-0.4, -0.2) is 10.5 Å². The van der Waals surface area contributed by atoms with Crippen LogP contribution in [0.3, 0.4) is 0 Å². The Kier molecular flexibility index (Phi) is 6.83. The number of carbonyl (C=O) groups excluding carboxylic acids is 1. The van der Waals surface area contributed by atoms with Gasteiger partial charge in [-0.05, 0) is 29.8 Å². The van der Waals surface area contributed by atoms with Crippen molar-refractivity contribution in [1.82, 2.24) is 0 Å². The maximum Gasteiger partial charge on any atom is 0.228 e. The number of ether oxygens (including phenoxy) is 1. The van der Waals surface area contributed by atoms with Crippen molar-refractivity contribution in [2.45, 2.75) is 11.3 Å². The van der Waals surface area contributed by atoms with Crippen LogP contribution in [0.25, 0.3) is 0 Å². The second-order valence-electron chi connectivity index (χ2n) is 5.87. The van der Waals surface area contributed by atoms with Crippen LogP contribution in [0.4, 0.5) is 5.69 Å². The van der Waals surface area contributed by atoms with Crippen LogP contribution in [0.15, 0.2) is 71.6 Å². The van der Waals surface area contributed by atoms with Crippen LogP contribution in [0, 0.1) is 0 Å². The number of anilines is 1. The minimum atomic E-state index is -1.75. The molecule has 144 valence electrons. The van der Waals surface area contributed by atoms with Gasteiger partial charge in [-0.3, -0.25) is 4.79 Å². The van der Waals surface area contributed by atoms with Gasteiger partial charge >= 0.3 is 0 Å². The molecule has 0 saturated heterocycles. The average molecular weight is 435 g/mol. The van der Waals surface area contributed by atoms with Gasteiger partial charge in [-0.15, -0.1) is 5.14 Å². The van der Waals surface area contributed by atoms with Gasteiger partial charge in [-0.2, -0.15) is 0 Å². The molecule has 0 radical (unpaired) electrons. The third-order valence-corrected chi connectivity index (χ3v) is 5.04. The largest absolute Gasteiger partial charge is 0.593 e. The monoisotopic (exact) mass is 434 g/mol. The van der Waals surface area contributed by atoms with Gasteiger partial charge < -0.3 is 14.6 Å². The smallest absolute Gasteiger partial charge is 0.228 e. The van der Waals surface area contributed by atoms with Gasteiger partial charge in [0.25, 0.3) is 0 Å². The number of hydrogen-bond acceptors (Lipinski definition) is 4. The van der Waals surface area contributed by atoms with E-state index < -0.39 is 11.4 Å². The summed E-state index contributed by atoms with van der Waals surface area (Å²) in [6, 6.07) is 18.6. The summed E-state index contributed by atoms with van der Waals surface area (Å²) < 4.78 is 17.5. The number of carbonyl (C=O) groups is 1. The standard InChI is InChI=1S/C20H16Cl2N2O3S/c21-14-5-3-6-16(9-14)27-17-10-15(11-18(12-17)28(23)26)24-20(25)8-13-4-1-2-7-19(13)22/h1-7,9-12H,8,23H2,(H,24,25). The lowest BCUT2D eigenvalue weighted by Crippen LogP contribution is -2.16. The van der Waals surface area contributed by atoms with Crippen molar-refractivity contribution in [3.8, 4) is 11.5 Å². The Bertz CT molecular complexity index is 999. The summed E-state index contributed by atoms with van der Waals surface area (Å²) in [4.78, 5) is 12.7. The molecule has 0 fully saturated rings. The van der Waals surface area contributed by atoms with E-state index in [0.29, 0.717) is 37.7 Å². The third kappa shape index (κ3) is 5.64. The molecule has 0 heterocycles. The highest BCUT2D eigenvalue weighted by Gasteiger charge is 2.14. The number of nitrogens with one attached hydrogen (secondary N) is 1. The summed E-state index contributed by atoms with van der Waals surface area (Å²) in [7, 11) is 0. The molecule has 3 rings (SSSR count). The Morgan fingerprint density at radius 2 is 1.82 bits per heavy atom. The first-order valence-corrected chi connectivity index (χ1v) is 10.2. The summed E-state index contributed by atoms with van der Waals surface area (Å²) in [6.07, 6.45) is 0.0973. The number of amides is 1. The van der Waals surface area contributed by atoms with Crippen molar-refractivity contribution in [3.63, 3.8) is 0 Å². The summed E-state index contributed by atoms with van der Waals surface area (Å²) >= 11 is 10.3. The van der Waals surface area contributed by atoms with Gasteiger partial charge in [-0.25, -0.2) is 0 Å². The molecule has 5 nitrogen and oxygen atoms in total. The molecule has 0 spiro atoms. The van der Waals surface area contributed by atoms with Gasteiger partial charge in [0.1, 0.15) is 11.5 Å². The molecule has 3 N–H and O–H groups in total. The normalized spacial score (nSPS) is 11.7. The molecule has 0 aliphatic rings. The minimum absolute atomic E-state index is 0.0973. The van der Waals surface area contributed by atoms with Crippen molar-refractivity contribution in [2.24, 2.45) is 5.14 Å². The quantitative estimate of drug-likeness (QED) is 0.537. The predicted molar refractivity (Wildman–Crippen MR) is 112 cm³/mol. The number of benzene rings is 3. The van der Waals surface area contributed by atoms with E-state index in [4.69, 9.17) is 33.1 Å². The molecule has 1 unspecified atom stereocenters. The molecule has 0 saturated carbocycles. The predicted octanol–water partition coefficient (Wildman–Crippen LogP) is 4.95. The molecule has 8 heteroatoms. The number of nitrogens with two attached hydrogens (primary N) is 1. The fraction of sp³-hybridized carbons (Fsp3) is 0.0500. The molecular formula is C20H16Cl2N2O3S. The van der Waals surface area contributed by atoms with Gasteiger partial charge in [0.05, 0.1) is 17.8 Å². The van der Waals surface area contributed by atoms with E-state index in [1.807, 2.05) is 6.07 Å². The van der Waals surface area contributed by atoms with Crippen molar-refractivity contribution >= 4 is 46.2 Å². The third-order valence-electron chi connectivity index (χ3n) is 3.74. The Labute approximate surface area is 175 Å². The molecule has 3 aromatic carbocycles. The summed E-state index contributed by atoms with van der Waals surface area (Å²) in [6.45, 7) is 0. The van der Waals surface area contributed by atoms with Crippen LogP contribution in [0.2, 0.25) is 10.0 Å². The molecule has 0 aliphatic heterocycles. The van der Waals surface area contributed by atoms with Crippen LogP contribution in [0.1, 0.15) is 5.56 Å². The molecule has 28 heavy (non-hydrogen) atoms. The maximum atomic E-state index is 12.4. The number of halogens is 2. The first kappa shape index (κ1) is 20.5. The highest BCUT2D eigenvalue weighted by Crippen LogP contribution is 2.29. The van der Waals surface area contributed by atoms with Gasteiger partial charge in [0, 0.05) is 33.9 Å². The van der Waals surface area contributed by atoms with E-state index in [-0.39, 0.29) is 12.3 Å². The molecule has 0 aromatic heterocycles. The van der Waals surface area contributed by atoms with E-state index in [1.54, 1.807) is 54.6 Å². The second kappa shape index (κ2) is 9.32. The molecule has 1 amide bonds. The van der Waals surface area contributed by atoms with Gasteiger partial charge in [0.15, 0.2) is 4.90 Å². The summed E-state index contributed by atoms with van der Waals surface area (Å²) in [5.74, 6) is 0.592. The number of hydrogen-bond donors (Lipinski definition) is 2. The molecule has 0 bridgehead atoms. The van der Waals surface area contributed by atoms with E-state index in [9.17, 15) is 9.35 Å². The van der Waals surface area contributed by atoms with E-state index in [0.717, 1.165) is 0 Å². The molecule has 3 aromatic rings. The van der Waals surface area contributed by atoms with Crippen LogP contribution < -0.4 is 15.2 Å². The van der Waals surface area contributed by atoms with E-state index in [2.05, 4.69) is 5.32 Å². The first-order chi connectivity index (χ1) is 13.4. The first-order valence-electron chi connectivity index (χ1n) is 8.18. The van der Waals surface area contributed by atoms with Crippen molar-refractivity contribution in [1.29, 1.82) is 0 Å². The van der Waals surface area contributed by atoms with Gasteiger partial charge in [0.2, 0.25) is 5.91 Å². The van der Waals surface area contributed by atoms with Crippen LogP contribution >= 0.6 is 23.2 Å². The lowest BCUT2D eigenvalue weighted by Gasteiger charge is -2.12. The highest BCUT2D eigenvalue weighted by molar-refractivity contribution is 7.89. The molecule has 0 aliphatic carbocycles. The van der Waals surface area contributed by atoms with Crippen molar-refractivity contribution in [3.05, 3.63) is 82.3 Å². The fourth-order valence-corrected chi connectivity index (χ4v) is 3.36. The van der Waals surface area contributed by atoms with E-state index >= 15 is 0 Å². The fourth-order valence-electron chi connectivity index (χ4n) is 2.51. The van der Waals surface area contributed by atoms with Crippen LogP contribution in [-0.2, 0) is 22.6 Å². The lowest BCUT2D eigenvalue weighted by molar-refractivity contribution is -0.115. The molecular weight excluding hydrogens is 419 g/mol. The SMILES string of the molecule is N[S+]([O-])c1cc(NC(=O)Cc2ccccc2Cl)cc(Oc2cccc(Cl)c2)c1. The summed E-state index contributed by atoms with van der Waals surface area (Å²) in [5, 5.41) is 9.30. The van der Waals surface area contributed by atoms with E-state index in [1.165, 1.54) is 6.07 Å². The van der Waals surface area contributed by atoms with Crippen molar-refractivity contribution in [2.75, 3.05) is 5.32 Å². The zero-order valence-corrected chi connectivity index (χ0v) is 16.9. The zero-order chi connectivity index (χ0) is 20.1. The average Bonchev–Trinajstić information content (AvgIpc) is 2.63. The van der Waals surface area contributed by atoms with Crippen molar-refractivity contribution < 1.29 is 14.1 Å². The Morgan fingerprint density at radius 1 is 1.04 bits per heavy atom. The minimum Gasteiger partial charge on any atom is -0.593 e. The molecule has 1 atom stereocenters. The number of rotatable bonds is 6. The topological polar surface area (TPSA) is 87.4 Å². The second-order valence-corrected chi connectivity index (χ2v) is 7.78. The lowest BCUT2D eigenvalue weighted by atomic mass is 10.1. The van der Waals surface area contributed by atoms with Crippen LogP contribution in [0.5, 0.6) is 11.5 Å².